The standard InChI is InChI=1S/C15H21ClN2O.C4H4O4/c1-17(2)7-6-11-8-12-9-13(16)4-5-14(12)15(19)18(3)10-11;5-3(6)1-2-4(7)8/h4-5,9,11H,6-8,10H2,1-3H3;1-2H,(H,5,6)(H,7,8). The summed E-state index contributed by atoms with van der Waals surface area (Å²) >= 11 is 6.06. The Balaban J connectivity index is 0.000000387. The molecule has 0 fully saturated rings. The van der Waals surface area contributed by atoms with E-state index >= 15 is 0 Å². The molecule has 2 N–H and O–H groups in total. The van der Waals surface area contributed by atoms with Gasteiger partial charge in [0.15, 0.2) is 0 Å². The van der Waals surface area contributed by atoms with Gasteiger partial charge in [0.1, 0.15) is 0 Å². The summed E-state index contributed by atoms with van der Waals surface area (Å²) in [7, 11) is 6.04. The van der Waals surface area contributed by atoms with Crippen molar-refractivity contribution in [3.63, 3.8) is 0 Å². The summed E-state index contributed by atoms with van der Waals surface area (Å²) in [5.74, 6) is -1.91. The highest BCUT2D eigenvalue weighted by Gasteiger charge is 2.25. The maximum absolute atomic E-state index is 12.3. The zero-order valence-electron chi connectivity index (χ0n) is 15.7. The molecule has 0 spiro atoms. The van der Waals surface area contributed by atoms with E-state index in [0.717, 1.165) is 37.1 Å². The van der Waals surface area contributed by atoms with Gasteiger partial charge in [-0.05, 0) is 63.2 Å². The Hall–Kier alpha value is -2.38. The van der Waals surface area contributed by atoms with Crippen LogP contribution in [0.3, 0.4) is 0 Å². The lowest BCUT2D eigenvalue weighted by molar-refractivity contribution is -0.134. The van der Waals surface area contributed by atoms with Crippen LogP contribution in [0.4, 0.5) is 0 Å². The van der Waals surface area contributed by atoms with Crippen molar-refractivity contribution in [3.05, 3.63) is 46.5 Å². The number of amides is 1. The Kier molecular flexibility index (Phi) is 8.97. The van der Waals surface area contributed by atoms with Crippen LogP contribution in [0.25, 0.3) is 0 Å². The second-order valence-electron chi connectivity index (χ2n) is 6.66. The third-order valence-corrected chi connectivity index (χ3v) is 4.27. The van der Waals surface area contributed by atoms with Gasteiger partial charge in [0, 0.05) is 36.3 Å². The SMILES string of the molecule is CN(C)CCC1Cc2cc(Cl)ccc2C(=O)N(C)C1.O=C(O)C=CC(=O)O. The number of halogens is 1. The van der Waals surface area contributed by atoms with Crippen LogP contribution < -0.4 is 0 Å². The third-order valence-electron chi connectivity index (χ3n) is 4.04. The van der Waals surface area contributed by atoms with Crippen LogP contribution in [0.5, 0.6) is 0 Å². The maximum Gasteiger partial charge on any atom is 0.328 e. The van der Waals surface area contributed by atoms with Crippen molar-refractivity contribution < 1.29 is 24.6 Å². The zero-order valence-corrected chi connectivity index (χ0v) is 16.4. The van der Waals surface area contributed by atoms with E-state index in [2.05, 4.69) is 19.0 Å². The van der Waals surface area contributed by atoms with Crippen molar-refractivity contribution in [2.24, 2.45) is 5.92 Å². The highest BCUT2D eigenvalue weighted by Crippen LogP contribution is 2.25. The minimum Gasteiger partial charge on any atom is -0.478 e. The second kappa shape index (κ2) is 10.7. The lowest BCUT2D eigenvalue weighted by atomic mass is 9.94. The molecule has 1 amide bonds. The topological polar surface area (TPSA) is 98.2 Å². The first-order valence-corrected chi connectivity index (χ1v) is 8.80. The predicted octanol–water partition coefficient (Wildman–Crippen LogP) is 2.25. The number of carbonyl (C=O) groups is 3. The van der Waals surface area contributed by atoms with E-state index in [1.807, 2.05) is 24.1 Å². The molecule has 2 rings (SSSR count). The Labute approximate surface area is 163 Å². The molecule has 1 unspecified atom stereocenters. The Morgan fingerprint density at radius 1 is 1.26 bits per heavy atom. The van der Waals surface area contributed by atoms with Crippen molar-refractivity contribution in [2.45, 2.75) is 12.8 Å². The lowest BCUT2D eigenvalue weighted by Gasteiger charge is -2.21. The number of rotatable bonds is 5. The molecule has 0 saturated heterocycles. The van der Waals surface area contributed by atoms with Gasteiger partial charge in [-0.15, -0.1) is 0 Å². The average molecular weight is 397 g/mol. The fourth-order valence-electron chi connectivity index (χ4n) is 2.77. The van der Waals surface area contributed by atoms with E-state index in [1.165, 1.54) is 0 Å². The number of benzene rings is 1. The van der Waals surface area contributed by atoms with Crippen LogP contribution in [0.2, 0.25) is 5.02 Å². The van der Waals surface area contributed by atoms with Gasteiger partial charge in [0.05, 0.1) is 0 Å². The molecule has 148 valence electrons. The largest absolute Gasteiger partial charge is 0.478 e. The summed E-state index contributed by atoms with van der Waals surface area (Å²) in [6.07, 6.45) is 3.14. The van der Waals surface area contributed by atoms with E-state index in [0.29, 0.717) is 23.1 Å². The molecule has 0 aromatic heterocycles. The van der Waals surface area contributed by atoms with Crippen molar-refractivity contribution in [3.8, 4) is 0 Å². The van der Waals surface area contributed by atoms with E-state index in [9.17, 15) is 14.4 Å². The smallest absolute Gasteiger partial charge is 0.328 e. The molecule has 1 aromatic carbocycles. The van der Waals surface area contributed by atoms with Crippen LogP contribution in [0.15, 0.2) is 30.4 Å². The Bertz CT molecular complexity index is 702. The van der Waals surface area contributed by atoms with E-state index in [-0.39, 0.29) is 5.91 Å². The first kappa shape index (κ1) is 22.7. The first-order valence-electron chi connectivity index (χ1n) is 8.42. The number of hydrogen-bond donors (Lipinski definition) is 2. The van der Waals surface area contributed by atoms with Crippen molar-refractivity contribution in [1.82, 2.24) is 9.80 Å². The van der Waals surface area contributed by atoms with Crippen LogP contribution in [-0.4, -0.2) is 72.1 Å². The molecule has 0 aliphatic carbocycles. The summed E-state index contributed by atoms with van der Waals surface area (Å²) in [5.41, 5.74) is 1.89. The summed E-state index contributed by atoms with van der Waals surface area (Å²) in [6.45, 7) is 1.86. The minimum absolute atomic E-state index is 0.110. The van der Waals surface area contributed by atoms with Crippen LogP contribution in [-0.2, 0) is 16.0 Å². The van der Waals surface area contributed by atoms with Gasteiger partial charge in [0.25, 0.3) is 5.91 Å². The Morgan fingerprint density at radius 2 is 1.85 bits per heavy atom. The van der Waals surface area contributed by atoms with Gasteiger partial charge in [-0.2, -0.15) is 0 Å². The molecule has 1 atom stereocenters. The third kappa shape index (κ3) is 8.23. The molecular formula is C19H25ClN2O5. The number of fused-ring (bicyclic) bond motifs is 1. The first-order chi connectivity index (χ1) is 12.6. The normalized spacial score (nSPS) is 16.6. The molecule has 0 radical (unpaired) electrons. The van der Waals surface area contributed by atoms with Gasteiger partial charge in [-0.25, -0.2) is 9.59 Å². The number of aliphatic carboxylic acids is 2. The number of carboxylic acid groups (broad SMARTS) is 2. The van der Waals surface area contributed by atoms with Gasteiger partial charge in [-0.1, -0.05) is 11.6 Å². The summed E-state index contributed by atoms with van der Waals surface area (Å²) < 4.78 is 0. The molecule has 27 heavy (non-hydrogen) atoms. The van der Waals surface area contributed by atoms with Gasteiger partial charge < -0.3 is 20.0 Å². The number of nitrogens with zero attached hydrogens (tertiary/aromatic N) is 2. The Morgan fingerprint density at radius 3 is 2.37 bits per heavy atom. The number of carboxylic acids is 2. The van der Waals surface area contributed by atoms with E-state index in [4.69, 9.17) is 21.8 Å². The van der Waals surface area contributed by atoms with Crippen LogP contribution in [0.1, 0.15) is 22.3 Å². The summed E-state index contributed by atoms with van der Waals surface area (Å²) in [5, 5.41) is 16.3. The number of carbonyl (C=O) groups excluding carboxylic acids is 1. The summed E-state index contributed by atoms with van der Waals surface area (Å²) in [6, 6.07) is 5.59. The average Bonchev–Trinajstić information content (AvgIpc) is 2.68. The van der Waals surface area contributed by atoms with Crippen molar-refractivity contribution in [1.29, 1.82) is 0 Å². The quantitative estimate of drug-likeness (QED) is 0.741. The molecule has 1 heterocycles. The molecule has 1 aliphatic heterocycles. The molecule has 0 bridgehead atoms. The predicted molar refractivity (Wildman–Crippen MR) is 103 cm³/mol. The minimum atomic E-state index is -1.26. The fourth-order valence-corrected chi connectivity index (χ4v) is 2.96. The highest BCUT2D eigenvalue weighted by atomic mass is 35.5. The lowest BCUT2D eigenvalue weighted by Crippen LogP contribution is -2.31. The van der Waals surface area contributed by atoms with E-state index in [1.54, 1.807) is 6.07 Å². The molecule has 1 aromatic rings. The monoisotopic (exact) mass is 396 g/mol. The molecule has 0 saturated carbocycles. The second-order valence-corrected chi connectivity index (χ2v) is 7.10. The molecule has 1 aliphatic rings. The molecule has 7 nitrogen and oxygen atoms in total. The van der Waals surface area contributed by atoms with Gasteiger partial charge in [-0.3, -0.25) is 4.79 Å². The maximum atomic E-state index is 12.3. The summed E-state index contributed by atoms with van der Waals surface area (Å²) in [4.78, 5) is 35.4. The molecule has 8 heteroatoms. The van der Waals surface area contributed by atoms with Crippen LogP contribution in [0, 0.1) is 5.92 Å². The fraction of sp³-hybridized carbons (Fsp3) is 0.421. The highest BCUT2D eigenvalue weighted by molar-refractivity contribution is 6.30. The van der Waals surface area contributed by atoms with E-state index < -0.39 is 11.9 Å². The van der Waals surface area contributed by atoms with Gasteiger partial charge >= 0.3 is 11.9 Å². The van der Waals surface area contributed by atoms with Gasteiger partial charge in [0.2, 0.25) is 0 Å². The number of hydrogen-bond acceptors (Lipinski definition) is 4. The molecular weight excluding hydrogens is 372 g/mol. The van der Waals surface area contributed by atoms with Crippen molar-refractivity contribution >= 4 is 29.4 Å². The van der Waals surface area contributed by atoms with Crippen LogP contribution >= 0.6 is 11.6 Å². The van der Waals surface area contributed by atoms with Crippen molar-refractivity contribution in [2.75, 3.05) is 34.2 Å². The zero-order chi connectivity index (χ0) is 20.6.